The number of esters is 1. The largest absolute Gasteiger partial charge is 0.461 e. The number of aliphatic hydroxyl groups is 1. The standard InChI is InChI=1S/C21H27FN2O5/c22-17-9-5-4-6-14(17)10-19(26)24-13-15(25)11-18(24)21(28)23-12-20(27)29-16-7-2-1-3-8-16/h4-6,9,15-16,18,25H,1-3,7-8,10-13H2,(H,23,28). The van der Waals surface area contributed by atoms with E-state index in [1.54, 1.807) is 6.07 Å². The minimum Gasteiger partial charge on any atom is -0.461 e. The van der Waals surface area contributed by atoms with Gasteiger partial charge in [0.25, 0.3) is 0 Å². The maximum absolute atomic E-state index is 13.8. The molecule has 2 amide bonds. The van der Waals surface area contributed by atoms with Gasteiger partial charge in [0.2, 0.25) is 11.8 Å². The smallest absolute Gasteiger partial charge is 0.325 e. The van der Waals surface area contributed by atoms with Crippen molar-refractivity contribution in [2.75, 3.05) is 13.1 Å². The van der Waals surface area contributed by atoms with E-state index in [1.807, 2.05) is 0 Å². The Morgan fingerprint density at radius 1 is 1.17 bits per heavy atom. The minimum absolute atomic E-state index is 0.00209. The predicted molar refractivity (Wildman–Crippen MR) is 102 cm³/mol. The van der Waals surface area contributed by atoms with E-state index >= 15 is 0 Å². The van der Waals surface area contributed by atoms with Gasteiger partial charge in [-0.1, -0.05) is 24.6 Å². The van der Waals surface area contributed by atoms with Gasteiger partial charge in [0.05, 0.1) is 12.5 Å². The highest BCUT2D eigenvalue weighted by Gasteiger charge is 2.39. The summed E-state index contributed by atoms with van der Waals surface area (Å²) >= 11 is 0. The van der Waals surface area contributed by atoms with Gasteiger partial charge in [-0.3, -0.25) is 14.4 Å². The highest BCUT2D eigenvalue weighted by molar-refractivity contribution is 5.90. The highest BCUT2D eigenvalue weighted by Crippen LogP contribution is 2.21. The fraction of sp³-hybridized carbons (Fsp3) is 0.571. The number of likely N-dealkylation sites (tertiary alicyclic amines) is 1. The van der Waals surface area contributed by atoms with Crippen molar-refractivity contribution < 1.29 is 28.6 Å². The topological polar surface area (TPSA) is 95.9 Å². The maximum Gasteiger partial charge on any atom is 0.325 e. The third kappa shape index (κ3) is 5.76. The minimum atomic E-state index is -0.897. The first-order valence-electron chi connectivity index (χ1n) is 10.1. The lowest BCUT2D eigenvalue weighted by molar-refractivity contribution is -0.150. The van der Waals surface area contributed by atoms with Crippen LogP contribution in [0.3, 0.4) is 0 Å². The van der Waals surface area contributed by atoms with Crippen molar-refractivity contribution in [2.45, 2.75) is 63.2 Å². The Morgan fingerprint density at radius 3 is 2.62 bits per heavy atom. The van der Waals surface area contributed by atoms with E-state index < -0.39 is 35.7 Å². The Balaban J connectivity index is 1.53. The van der Waals surface area contributed by atoms with Crippen LogP contribution in [0, 0.1) is 5.82 Å². The fourth-order valence-electron chi connectivity index (χ4n) is 3.93. The van der Waals surface area contributed by atoms with Crippen molar-refractivity contribution in [2.24, 2.45) is 0 Å². The van der Waals surface area contributed by atoms with Crippen molar-refractivity contribution in [3.05, 3.63) is 35.6 Å². The monoisotopic (exact) mass is 406 g/mol. The number of aliphatic hydroxyl groups excluding tert-OH is 1. The molecule has 1 heterocycles. The second kappa shape index (κ2) is 9.82. The number of β-amino-alcohol motifs (C(OH)–C–C–N with tert-alkyl or cyclic N) is 1. The van der Waals surface area contributed by atoms with Crippen LogP contribution in [0.1, 0.15) is 44.1 Å². The summed E-state index contributed by atoms with van der Waals surface area (Å²) in [5, 5.41) is 12.4. The molecule has 2 aliphatic rings. The van der Waals surface area contributed by atoms with Crippen molar-refractivity contribution in [3.8, 4) is 0 Å². The van der Waals surface area contributed by atoms with Crippen LogP contribution < -0.4 is 5.32 Å². The van der Waals surface area contributed by atoms with Gasteiger partial charge in [0.15, 0.2) is 0 Å². The molecular formula is C21H27FN2O5. The summed E-state index contributed by atoms with van der Waals surface area (Å²) in [4.78, 5) is 38.4. The second-order valence-electron chi connectivity index (χ2n) is 7.69. The second-order valence-corrected chi connectivity index (χ2v) is 7.69. The number of carbonyl (C=O) groups excluding carboxylic acids is 3. The molecule has 0 bridgehead atoms. The zero-order valence-corrected chi connectivity index (χ0v) is 16.3. The molecule has 29 heavy (non-hydrogen) atoms. The van der Waals surface area contributed by atoms with Crippen molar-refractivity contribution in [1.82, 2.24) is 10.2 Å². The van der Waals surface area contributed by atoms with Gasteiger partial charge < -0.3 is 20.1 Å². The first-order valence-corrected chi connectivity index (χ1v) is 10.1. The molecule has 1 aromatic rings. The number of amides is 2. The molecule has 1 aliphatic carbocycles. The van der Waals surface area contributed by atoms with Crippen LogP contribution in [0.2, 0.25) is 0 Å². The van der Waals surface area contributed by atoms with Crippen LogP contribution >= 0.6 is 0 Å². The Morgan fingerprint density at radius 2 is 1.90 bits per heavy atom. The zero-order chi connectivity index (χ0) is 20.8. The molecular weight excluding hydrogens is 379 g/mol. The zero-order valence-electron chi connectivity index (χ0n) is 16.3. The molecule has 2 N–H and O–H groups in total. The van der Waals surface area contributed by atoms with Crippen molar-refractivity contribution in [1.29, 1.82) is 0 Å². The molecule has 7 nitrogen and oxygen atoms in total. The molecule has 3 rings (SSSR count). The van der Waals surface area contributed by atoms with Crippen molar-refractivity contribution in [3.63, 3.8) is 0 Å². The number of hydrogen-bond donors (Lipinski definition) is 2. The van der Waals surface area contributed by atoms with Gasteiger partial charge in [-0.25, -0.2) is 4.39 Å². The quantitative estimate of drug-likeness (QED) is 0.695. The van der Waals surface area contributed by atoms with Gasteiger partial charge in [0.1, 0.15) is 24.5 Å². The highest BCUT2D eigenvalue weighted by atomic mass is 19.1. The number of ether oxygens (including phenoxy) is 1. The van der Waals surface area contributed by atoms with E-state index in [4.69, 9.17) is 4.74 Å². The van der Waals surface area contributed by atoms with E-state index in [9.17, 15) is 23.9 Å². The number of carbonyl (C=O) groups is 3. The summed E-state index contributed by atoms with van der Waals surface area (Å²) in [6, 6.07) is 5.05. The molecule has 158 valence electrons. The molecule has 1 aliphatic heterocycles. The van der Waals surface area contributed by atoms with E-state index in [-0.39, 0.29) is 37.6 Å². The molecule has 1 aromatic carbocycles. The van der Waals surface area contributed by atoms with Crippen molar-refractivity contribution >= 4 is 17.8 Å². The lowest BCUT2D eigenvalue weighted by Gasteiger charge is -2.24. The SMILES string of the molecule is O=C(CNC(=O)C1CC(O)CN1C(=O)Cc1ccccc1F)OC1CCCCC1. The number of benzene rings is 1. The van der Waals surface area contributed by atoms with Crippen LogP contribution in [-0.2, 0) is 25.5 Å². The molecule has 0 radical (unpaired) electrons. The normalized spacial score (nSPS) is 22.3. The lowest BCUT2D eigenvalue weighted by atomic mass is 9.98. The Bertz CT molecular complexity index is 750. The predicted octanol–water partition coefficient (Wildman–Crippen LogP) is 1.32. The van der Waals surface area contributed by atoms with Gasteiger partial charge in [-0.05, 0) is 37.3 Å². The van der Waals surface area contributed by atoms with Gasteiger partial charge in [0, 0.05) is 13.0 Å². The number of halogens is 1. The van der Waals surface area contributed by atoms with Crippen LogP contribution in [-0.4, -0.2) is 59.1 Å². The molecule has 1 saturated carbocycles. The van der Waals surface area contributed by atoms with Crippen LogP contribution in [0.4, 0.5) is 4.39 Å². The van der Waals surface area contributed by atoms with Gasteiger partial charge in [-0.15, -0.1) is 0 Å². The van der Waals surface area contributed by atoms with Crippen LogP contribution in [0.25, 0.3) is 0 Å². The molecule has 0 aromatic heterocycles. The summed E-state index contributed by atoms with van der Waals surface area (Å²) in [7, 11) is 0. The fourth-order valence-corrected chi connectivity index (χ4v) is 3.93. The summed E-state index contributed by atoms with van der Waals surface area (Å²) in [6.45, 7) is -0.283. The summed E-state index contributed by atoms with van der Waals surface area (Å²) < 4.78 is 19.2. The Kier molecular flexibility index (Phi) is 7.19. The molecule has 8 heteroatoms. The van der Waals surface area contributed by atoms with E-state index in [0.29, 0.717) is 0 Å². The molecule has 2 atom stereocenters. The summed E-state index contributed by atoms with van der Waals surface area (Å²) in [5.74, 6) is -1.97. The number of hydrogen-bond acceptors (Lipinski definition) is 5. The maximum atomic E-state index is 13.8. The third-order valence-corrected chi connectivity index (χ3v) is 5.46. The van der Waals surface area contributed by atoms with Crippen LogP contribution in [0.5, 0.6) is 0 Å². The average molecular weight is 406 g/mol. The first kappa shape index (κ1) is 21.2. The Hall–Kier alpha value is -2.48. The lowest BCUT2D eigenvalue weighted by Crippen LogP contribution is -2.47. The van der Waals surface area contributed by atoms with Gasteiger partial charge >= 0.3 is 5.97 Å². The molecule has 0 spiro atoms. The van der Waals surface area contributed by atoms with E-state index in [2.05, 4.69) is 5.32 Å². The Labute approximate surface area is 169 Å². The first-order chi connectivity index (χ1) is 13.9. The summed E-state index contributed by atoms with van der Waals surface area (Å²) in [5.41, 5.74) is 0.231. The van der Waals surface area contributed by atoms with Gasteiger partial charge in [-0.2, -0.15) is 0 Å². The van der Waals surface area contributed by atoms with E-state index in [0.717, 1.165) is 32.1 Å². The number of nitrogens with one attached hydrogen (secondary N) is 1. The van der Waals surface area contributed by atoms with Crippen LogP contribution in [0.15, 0.2) is 24.3 Å². The number of rotatable bonds is 6. The average Bonchev–Trinajstić information content (AvgIpc) is 3.11. The molecule has 2 unspecified atom stereocenters. The molecule has 2 fully saturated rings. The number of nitrogens with zero attached hydrogens (tertiary/aromatic N) is 1. The molecule has 1 saturated heterocycles. The third-order valence-electron chi connectivity index (χ3n) is 5.46. The summed E-state index contributed by atoms with van der Waals surface area (Å²) in [6.07, 6.45) is 3.82. The van der Waals surface area contributed by atoms with E-state index in [1.165, 1.54) is 23.1 Å².